The first-order chi connectivity index (χ1) is 10.1. The number of benzene rings is 1. The van der Waals surface area contributed by atoms with Crippen LogP contribution in [-0.4, -0.2) is 54.5 Å². The van der Waals surface area contributed by atoms with E-state index in [1.807, 2.05) is 0 Å². The SMILES string of the molecule is O=C(CN1CCN2CCCC2C1)Nc1ccc(F)c(Cl)c1. The Morgan fingerprint density at radius 2 is 2.24 bits per heavy atom. The molecule has 1 N–H and O–H groups in total. The van der Waals surface area contributed by atoms with Gasteiger partial charge in [-0.2, -0.15) is 0 Å². The Kier molecular flexibility index (Phi) is 4.42. The minimum Gasteiger partial charge on any atom is -0.325 e. The van der Waals surface area contributed by atoms with Gasteiger partial charge < -0.3 is 5.32 Å². The van der Waals surface area contributed by atoms with Gasteiger partial charge in [-0.25, -0.2) is 4.39 Å². The van der Waals surface area contributed by atoms with Crippen molar-refractivity contribution in [2.24, 2.45) is 0 Å². The van der Waals surface area contributed by atoms with E-state index < -0.39 is 5.82 Å². The number of piperazine rings is 1. The van der Waals surface area contributed by atoms with E-state index in [0.717, 1.165) is 19.6 Å². The maximum atomic E-state index is 13.1. The number of carbonyl (C=O) groups is 1. The summed E-state index contributed by atoms with van der Waals surface area (Å²) in [6.45, 7) is 4.49. The summed E-state index contributed by atoms with van der Waals surface area (Å²) in [7, 11) is 0. The minimum absolute atomic E-state index is 0.0207. The van der Waals surface area contributed by atoms with E-state index in [1.54, 1.807) is 0 Å². The van der Waals surface area contributed by atoms with Crippen LogP contribution in [-0.2, 0) is 4.79 Å². The van der Waals surface area contributed by atoms with Crippen LogP contribution in [0.2, 0.25) is 5.02 Å². The van der Waals surface area contributed by atoms with Gasteiger partial charge in [0.05, 0.1) is 11.6 Å². The lowest BCUT2D eigenvalue weighted by Crippen LogP contribution is -2.51. The molecule has 2 fully saturated rings. The first kappa shape index (κ1) is 14.8. The van der Waals surface area contributed by atoms with Gasteiger partial charge in [-0.15, -0.1) is 0 Å². The van der Waals surface area contributed by atoms with Crippen LogP contribution in [0, 0.1) is 5.82 Å². The third-order valence-corrected chi connectivity index (χ3v) is 4.53. The Hall–Kier alpha value is -1.17. The van der Waals surface area contributed by atoms with Gasteiger partial charge in [-0.1, -0.05) is 11.6 Å². The molecule has 1 amide bonds. The van der Waals surface area contributed by atoms with Gasteiger partial charge in [-0.05, 0) is 37.6 Å². The van der Waals surface area contributed by atoms with E-state index in [9.17, 15) is 9.18 Å². The van der Waals surface area contributed by atoms with Gasteiger partial charge in [-0.3, -0.25) is 14.6 Å². The van der Waals surface area contributed by atoms with Crippen LogP contribution in [0.3, 0.4) is 0 Å². The van der Waals surface area contributed by atoms with Crippen molar-refractivity contribution in [3.05, 3.63) is 29.0 Å². The third-order valence-electron chi connectivity index (χ3n) is 4.24. The average Bonchev–Trinajstić information content (AvgIpc) is 2.90. The molecule has 0 spiro atoms. The lowest BCUT2D eigenvalue weighted by molar-refractivity contribution is -0.117. The molecule has 2 saturated heterocycles. The Labute approximate surface area is 128 Å². The van der Waals surface area contributed by atoms with Crippen molar-refractivity contribution < 1.29 is 9.18 Å². The maximum Gasteiger partial charge on any atom is 0.238 e. The molecule has 114 valence electrons. The van der Waals surface area contributed by atoms with Crippen molar-refractivity contribution in [1.29, 1.82) is 0 Å². The highest BCUT2D eigenvalue weighted by molar-refractivity contribution is 6.31. The van der Waals surface area contributed by atoms with Crippen LogP contribution in [0.4, 0.5) is 10.1 Å². The van der Waals surface area contributed by atoms with E-state index >= 15 is 0 Å². The number of hydrogen-bond acceptors (Lipinski definition) is 3. The smallest absolute Gasteiger partial charge is 0.238 e. The zero-order valence-corrected chi connectivity index (χ0v) is 12.6. The molecule has 21 heavy (non-hydrogen) atoms. The predicted octanol–water partition coefficient (Wildman–Crippen LogP) is 2.20. The van der Waals surface area contributed by atoms with Gasteiger partial charge in [0.1, 0.15) is 5.82 Å². The number of nitrogens with one attached hydrogen (secondary N) is 1. The van der Waals surface area contributed by atoms with E-state index in [2.05, 4.69) is 15.1 Å². The molecule has 1 aromatic carbocycles. The van der Waals surface area contributed by atoms with E-state index in [0.29, 0.717) is 18.3 Å². The monoisotopic (exact) mass is 311 g/mol. The first-order valence-electron chi connectivity index (χ1n) is 7.33. The molecular weight excluding hydrogens is 293 g/mol. The molecular formula is C15H19ClFN3O. The molecule has 2 heterocycles. The fourth-order valence-electron chi connectivity index (χ4n) is 3.18. The predicted molar refractivity (Wildman–Crippen MR) is 81.1 cm³/mol. The van der Waals surface area contributed by atoms with Gasteiger partial charge in [0.15, 0.2) is 0 Å². The summed E-state index contributed by atoms with van der Waals surface area (Å²) in [6, 6.07) is 4.82. The summed E-state index contributed by atoms with van der Waals surface area (Å²) >= 11 is 5.71. The van der Waals surface area contributed by atoms with Crippen molar-refractivity contribution in [2.45, 2.75) is 18.9 Å². The average molecular weight is 312 g/mol. The Morgan fingerprint density at radius 1 is 1.38 bits per heavy atom. The Morgan fingerprint density at radius 3 is 3.05 bits per heavy atom. The molecule has 0 aromatic heterocycles. The number of fused-ring (bicyclic) bond motifs is 1. The lowest BCUT2D eigenvalue weighted by atomic mass is 10.1. The summed E-state index contributed by atoms with van der Waals surface area (Å²) in [5.74, 6) is -0.559. The Balaban J connectivity index is 1.53. The molecule has 0 saturated carbocycles. The standard InChI is InChI=1S/C15H19ClFN3O/c16-13-8-11(3-4-14(13)17)18-15(21)10-19-6-7-20-5-1-2-12(20)9-19/h3-4,8,12H,1-2,5-7,9-10H2,(H,18,21). The summed E-state index contributed by atoms with van der Waals surface area (Å²) < 4.78 is 13.1. The molecule has 3 rings (SSSR count). The zero-order chi connectivity index (χ0) is 14.8. The van der Waals surface area contributed by atoms with Crippen LogP contribution >= 0.6 is 11.6 Å². The molecule has 0 aliphatic carbocycles. The number of amides is 1. The molecule has 1 unspecified atom stereocenters. The van der Waals surface area contributed by atoms with E-state index in [-0.39, 0.29) is 10.9 Å². The topological polar surface area (TPSA) is 35.6 Å². The van der Waals surface area contributed by atoms with Crippen LogP contribution in [0.15, 0.2) is 18.2 Å². The van der Waals surface area contributed by atoms with Crippen LogP contribution < -0.4 is 5.32 Å². The van der Waals surface area contributed by atoms with Crippen molar-refractivity contribution in [1.82, 2.24) is 9.80 Å². The van der Waals surface area contributed by atoms with E-state index in [4.69, 9.17) is 11.6 Å². The fourth-order valence-corrected chi connectivity index (χ4v) is 3.36. The van der Waals surface area contributed by atoms with Crippen LogP contribution in [0.1, 0.15) is 12.8 Å². The summed E-state index contributed by atoms with van der Waals surface area (Å²) in [6.07, 6.45) is 2.49. The molecule has 4 nitrogen and oxygen atoms in total. The van der Waals surface area contributed by atoms with Crippen LogP contribution in [0.5, 0.6) is 0 Å². The molecule has 2 aliphatic rings. The molecule has 0 bridgehead atoms. The normalized spacial score (nSPS) is 23.0. The number of anilines is 1. The van der Waals surface area contributed by atoms with Crippen LogP contribution in [0.25, 0.3) is 0 Å². The van der Waals surface area contributed by atoms with Crippen molar-refractivity contribution in [3.8, 4) is 0 Å². The highest BCUT2D eigenvalue weighted by atomic mass is 35.5. The molecule has 6 heteroatoms. The quantitative estimate of drug-likeness (QED) is 0.929. The lowest BCUT2D eigenvalue weighted by Gasteiger charge is -2.37. The second-order valence-corrected chi connectivity index (χ2v) is 6.15. The number of hydrogen-bond donors (Lipinski definition) is 1. The highest BCUT2D eigenvalue weighted by Gasteiger charge is 2.30. The number of carbonyl (C=O) groups excluding carboxylic acids is 1. The van der Waals surface area contributed by atoms with Gasteiger partial charge >= 0.3 is 0 Å². The molecule has 0 radical (unpaired) electrons. The molecule has 1 aromatic rings. The summed E-state index contributed by atoms with van der Waals surface area (Å²) in [5, 5.41) is 2.79. The van der Waals surface area contributed by atoms with E-state index in [1.165, 1.54) is 37.6 Å². The van der Waals surface area contributed by atoms with Crippen molar-refractivity contribution >= 4 is 23.2 Å². The Bertz CT molecular complexity index is 540. The highest BCUT2D eigenvalue weighted by Crippen LogP contribution is 2.22. The van der Waals surface area contributed by atoms with Gasteiger partial charge in [0.25, 0.3) is 0 Å². The van der Waals surface area contributed by atoms with Gasteiger partial charge in [0.2, 0.25) is 5.91 Å². The second kappa shape index (κ2) is 6.30. The number of halogens is 2. The summed E-state index contributed by atoms with van der Waals surface area (Å²) in [5.41, 5.74) is 0.533. The minimum atomic E-state index is -0.480. The molecule has 1 atom stereocenters. The van der Waals surface area contributed by atoms with Crippen molar-refractivity contribution in [3.63, 3.8) is 0 Å². The fraction of sp³-hybridized carbons (Fsp3) is 0.533. The number of rotatable bonds is 3. The van der Waals surface area contributed by atoms with Gasteiger partial charge in [0, 0.05) is 31.4 Å². The maximum absolute atomic E-state index is 13.1. The van der Waals surface area contributed by atoms with Crippen molar-refractivity contribution in [2.75, 3.05) is 38.0 Å². The largest absolute Gasteiger partial charge is 0.325 e. The second-order valence-electron chi connectivity index (χ2n) is 5.74. The zero-order valence-electron chi connectivity index (χ0n) is 11.8. The summed E-state index contributed by atoms with van der Waals surface area (Å²) in [4.78, 5) is 16.8. The first-order valence-corrected chi connectivity index (χ1v) is 7.71. The third kappa shape index (κ3) is 3.54. The molecule has 2 aliphatic heterocycles. The number of nitrogens with zero attached hydrogens (tertiary/aromatic N) is 2.